The van der Waals surface area contributed by atoms with Gasteiger partial charge in [0.15, 0.2) is 0 Å². The molecule has 0 fully saturated rings. The van der Waals surface area contributed by atoms with Crippen molar-refractivity contribution in [2.24, 2.45) is 5.92 Å². The Morgan fingerprint density at radius 2 is 1.52 bits per heavy atom. The molecular formula is C19H34N2. The van der Waals surface area contributed by atoms with Gasteiger partial charge in [-0.3, -0.25) is 0 Å². The lowest BCUT2D eigenvalue weighted by molar-refractivity contribution is 0.299. The average Bonchev–Trinajstić information content (AvgIpc) is 2.35. The summed E-state index contributed by atoms with van der Waals surface area (Å²) < 4.78 is 0. The van der Waals surface area contributed by atoms with E-state index in [-0.39, 0.29) is 5.54 Å². The van der Waals surface area contributed by atoms with E-state index in [2.05, 4.69) is 76.1 Å². The van der Waals surface area contributed by atoms with Gasteiger partial charge in [-0.05, 0) is 64.3 Å². The van der Waals surface area contributed by atoms with Crippen LogP contribution in [0.5, 0.6) is 0 Å². The van der Waals surface area contributed by atoms with Crippen LogP contribution in [0.25, 0.3) is 0 Å². The third kappa shape index (κ3) is 8.90. The third-order valence-corrected chi connectivity index (χ3v) is 3.55. The molecule has 1 N–H and O–H groups in total. The first-order valence-electron chi connectivity index (χ1n) is 8.27. The summed E-state index contributed by atoms with van der Waals surface area (Å²) in [6, 6.07) is 9.13. The van der Waals surface area contributed by atoms with Gasteiger partial charge >= 0.3 is 0 Å². The maximum atomic E-state index is 3.54. The topological polar surface area (TPSA) is 15.3 Å². The molecule has 1 rings (SSSR count). The molecule has 0 saturated heterocycles. The van der Waals surface area contributed by atoms with Gasteiger partial charge < -0.3 is 10.2 Å². The zero-order chi connectivity index (χ0) is 15.9. The largest absolute Gasteiger partial charge is 0.312 e. The zero-order valence-electron chi connectivity index (χ0n) is 14.9. The minimum atomic E-state index is 0.209. The fourth-order valence-corrected chi connectivity index (χ4v) is 2.49. The molecule has 1 aromatic carbocycles. The average molecular weight is 290 g/mol. The summed E-state index contributed by atoms with van der Waals surface area (Å²) in [5, 5.41) is 3.54. The second-order valence-corrected chi connectivity index (χ2v) is 7.65. The number of hydrogen-bond donors (Lipinski definition) is 1. The van der Waals surface area contributed by atoms with Gasteiger partial charge in [0.05, 0.1) is 0 Å². The monoisotopic (exact) mass is 290 g/mol. The van der Waals surface area contributed by atoms with Crippen molar-refractivity contribution < 1.29 is 0 Å². The SMILES string of the molecule is CC(C)CN(C)CCc1ccc(CCNC(C)(C)C)cc1. The van der Waals surface area contributed by atoms with Gasteiger partial charge in [-0.2, -0.15) is 0 Å². The lowest BCUT2D eigenvalue weighted by Crippen LogP contribution is -2.37. The normalized spacial score (nSPS) is 12.4. The predicted molar refractivity (Wildman–Crippen MR) is 93.9 cm³/mol. The molecular weight excluding hydrogens is 256 g/mol. The quantitative estimate of drug-likeness (QED) is 0.784. The molecule has 0 aromatic heterocycles. The summed E-state index contributed by atoms with van der Waals surface area (Å²) in [6.45, 7) is 14.5. The van der Waals surface area contributed by atoms with Gasteiger partial charge in [-0.15, -0.1) is 0 Å². The van der Waals surface area contributed by atoms with E-state index in [9.17, 15) is 0 Å². The molecule has 1 aromatic rings. The Bertz CT molecular complexity index is 387. The van der Waals surface area contributed by atoms with Gasteiger partial charge in [0, 0.05) is 18.6 Å². The van der Waals surface area contributed by atoms with Crippen molar-refractivity contribution in [1.82, 2.24) is 10.2 Å². The highest BCUT2D eigenvalue weighted by Crippen LogP contribution is 2.08. The highest BCUT2D eigenvalue weighted by Gasteiger charge is 2.07. The molecule has 21 heavy (non-hydrogen) atoms. The van der Waals surface area contributed by atoms with Crippen molar-refractivity contribution >= 4 is 0 Å². The summed E-state index contributed by atoms with van der Waals surface area (Å²) in [4.78, 5) is 2.42. The molecule has 0 radical (unpaired) electrons. The molecule has 0 heterocycles. The fourth-order valence-electron chi connectivity index (χ4n) is 2.49. The van der Waals surface area contributed by atoms with Gasteiger partial charge in [-0.1, -0.05) is 38.1 Å². The number of rotatable bonds is 8. The summed E-state index contributed by atoms with van der Waals surface area (Å²) in [5.74, 6) is 0.743. The molecule has 0 amide bonds. The summed E-state index contributed by atoms with van der Waals surface area (Å²) in [6.07, 6.45) is 2.24. The molecule has 0 bridgehead atoms. The molecule has 0 aliphatic carbocycles. The van der Waals surface area contributed by atoms with Crippen molar-refractivity contribution in [3.05, 3.63) is 35.4 Å². The van der Waals surface area contributed by atoms with Gasteiger partial charge in [-0.25, -0.2) is 0 Å². The first-order valence-corrected chi connectivity index (χ1v) is 8.27. The Morgan fingerprint density at radius 3 is 2.00 bits per heavy atom. The number of hydrogen-bond acceptors (Lipinski definition) is 2. The molecule has 0 aliphatic heterocycles. The molecule has 120 valence electrons. The molecule has 0 atom stereocenters. The molecule has 0 unspecified atom stereocenters. The van der Waals surface area contributed by atoms with Crippen LogP contribution in [0.2, 0.25) is 0 Å². The van der Waals surface area contributed by atoms with Crippen molar-refractivity contribution in [2.75, 3.05) is 26.7 Å². The standard InChI is InChI=1S/C19H34N2/c1-16(2)15-21(6)14-12-18-9-7-17(8-10-18)11-13-20-19(3,4)5/h7-10,16,20H,11-15H2,1-6H3. The van der Waals surface area contributed by atoms with Crippen LogP contribution in [0.1, 0.15) is 45.7 Å². The van der Waals surface area contributed by atoms with Crippen LogP contribution in [-0.2, 0) is 12.8 Å². The second kappa shape index (κ2) is 8.55. The molecule has 0 aliphatic rings. The van der Waals surface area contributed by atoms with E-state index in [1.54, 1.807) is 0 Å². The van der Waals surface area contributed by atoms with Crippen molar-refractivity contribution in [2.45, 2.75) is 53.0 Å². The number of nitrogens with zero attached hydrogens (tertiary/aromatic N) is 1. The Hall–Kier alpha value is -0.860. The molecule has 0 spiro atoms. The minimum Gasteiger partial charge on any atom is -0.312 e. The summed E-state index contributed by atoms with van der Waals surface area (Å²) >= 11 is 0. The number of benzene rings is 1. The predicted octanol–water partition coefficient (Wildman–Crippen LogP) is 3.75. The van der Waals surface area contributed by atoms with Crippen LogP contribution in [0.15, 0.2) is 24.3 Å². The summed E-state index contributed by atoms with van der Waals surface area (Å²) in [7, 11) is 2.21. The van der Waals surface area contributed by atoms with Crippen LogP contribution in [0.4, 0.5) is 0 Å². The highest BCUT2D eigenvalue weighted by molar-refractivity contribution is 5.23. The zero-order valence-corrected chi connectivity index (χ0v) is 14.9. The van der Waals surface area contributed by atoms with Crippen LogP contribution in [0.3, 0.4) is 0 Å². The third-order valence-electron chi connectivity index (χ3n) is 3.55. The molecule has 2 heteroatoms. The van der Waals surface area contributed by atoms with E-state index in [4.69, 9.17) is 0 Å². The van der Waals surface area contributed by atoms with Crippen LogP contribution in [-0.4, -0.2) is 37.1 Å². The molecule has 2 nitrogen and oxygen atoms in total. The number of likely N-dealkylation sites (N-methyl/N-ethyl adjacent to an activating group) is 1. The maximum Gasteiger partial charge on any atom is 0.00966 e. The Balaban J connectivity index is 2.33. The van der Waals surface area contributed by atoms with E-state index >= 15 is 0 Å². The van der Waals surface area contributed by atoms with E-state index in [1.807, 2.05) is 0 Å². The van der Waals surface area contributed by atoms with Crippen molar-refractivity contribution in [3.8, 4) is 0 Å². The van der Waals surface area contributed by atoms with Crippen molar-refractivity contribution in [1.29, 1.82) is 0 Å². The van der Waals surface area contributed by atoms with Crippen LogP contribution in [0, 0.1) is 5.92 Å². The first kappa shape index (κ1) is 18.2. The Morgan fingerprint density at radius 1 is 1.00 bits per heavy atom. The smallest absolute Gasteiger partial charge is 0.00966 e. The fraction of sp³-hybridized carbons (Fsp3) is 0.684. The first-order chi connectivity index (χ1) is 9.76. The highest BCUT2D eigenvalue weighted by atomic mass is 15.1. The summed E-state index contributed by atoms with van der Waals surface area (Å²) in [5.41, 5.74) is 3.07. The molecule has 0 saturated carbocycles. The Labute approximate surface area is 131 Å². The van der Waals surface area contributed by atoms with Crippen LogP contribution < -0.4 is 5.32 Å². The van der Waals surface area contributed by atoms with Gasteiger partial charge in [0.1, 0.15) is 0 Å². The van der Waals surface area contributed by atoms with Crippen LogP contribution >= 0.6 is 0 Å². The van der Waals surface area contributed by atoms with E-state index < -0.39 is 0 Å². The lowest BCUT2D eigenvalue weighted by atomic mass is 10.1. The van der Waals surface area contributed by atoms with E-state index in [0.29, 0.717) is 0 Å². The maximum absolute atomic E-state index is 3.54. The van der Waals surface area contributed by atoms with E-state index in [1.165, 1.54) is 17.7 Å². The van der Waals surface area contributed by atoms with Gasteiger partial charge in [0.2, 0.25) is 0 Å². The van der Waals surface area contributed by atoms with Crippen molar-refractivity contribution in [3.63, 3.8) is 0 Å². The van der Waals surface area contributed by atoms with E-state index in [0.717, 1.165) is 31.8 Å². The second-order valence-electron chi connectivity index (χ2n) is 7.65. The number of nitrogens with one attached hydrogen (secondary N) is 1. The van der Waals surface area contributed by atoms with Gasteiger partial charge in [0.25, 0.3) is 0 Å². The minimum absolute atomic E-state index is 0.209. The lowest BCUT2D eigenvalue weighted by Gasteiger charge is -2.20. The Kier molecular flexibility index (Phi) is 7.41.